The van der Waals surface area contributed by atoms with E-state index in [1.807, 2.05) is 77.1 Å². The van der Waals surface area contributed by atoms with Gasteiger partial charge >= 0.3 is 6.09 Å². The number of benzene rings is 1. The summed E-state index contributed by atoms with van der Waals surface area (Å²) in [5.41, 5.74) is 4.69. The van der Waals surface area contributed by atoms with Gasteiger partial charge < -0.3 is 29.3 Å². The Bertz CT molecular complexity index is 1470. The van der Waals surface area contributed by atoms with Crippen LogP contribution in [0.15, 0.2) is 40.4 Å². The van der Waals surface area contributed by atoms with Gasteiger partial charge in [0.05, 0.1) is 22.1 Å². The number of nitrogens with one attached hydrogen (secondary N) is 1. The molecule has 1 aromatic carbocycles. The van der Waals surface area contributed by atoms with Crippen molar-refractivity contribution in [3.63, 3.8) is 0 Å². The monoisotopic (exact) mass is 666 g/mol. The molecule has 3 unspecified atom stereocenters. The van der Waals surface area contributed by atoms with Crippen molar-refractivity contribution in [3.8, 4) is 10.4 Å². The Morgan fingerprint density at radius 3 is 2.30 bits per heavy atom. The predicted octanol–water partition coefficient (Wildman–Crippen LogP) is 6.41. The van der Waals surface area contributed by atoms with Gasteiger partial charge in [0.25, 0.3) is 0 Å². The zero-order valence-corrected chi connectivity index (χ0v) is 29.8. The lowest BCUT2D eigenvalue weighted by atomic mass is 9.91. The van der Waals surface area contributed by atoms with Gasteiger partial charge in [0, 0.05) is 44.8 Å². The molecule has 0 spiro atoms. The van der Waals surface area contributed by atoms with E-state index in [0.717, 1.165) is 42.9 Å². The summed E-state index contributed by atoms with van der Waals surface area (Å²) in [5, 5.41) is 6.98. The van der Waals surface area contributed by atoms with Crippen LogP contribution in [-0.4, -0.2) is 82.7 Å². The molecule has 12 heteroatoms. The molecule has 2 fully saturated rings. The van der Waals surface area contributed by atoms with Gasteiger partial charge in [-0.2, -0.15) is 0 Å². The largest absolute Gasteiger partial charge is 0.444 e. The van der Waals surface area contributed by atoms with Gasteiger partial charge in [-0.15, -0.1) is 11.3 Å². The number of aromatic nitrogens is 2. The maximum atomic E-state index is 13.2. The zero-order chi connectivity index (χ0) is 34.3. The van der Waals surface area contributed by atoms with E-state index in [1.165, 1.54) is 10.4 Å². The highest BCUT2D eigenvalue weighted by atomic mass is 32.1. The average Bonchev–Trinajstić information content (AvgIpc) is 3.78. The third kappa shape index (κ3) is 9.33. The van der Waals surface area contributed by atoms with Gasteiger partial charge in [0.15, 0.2) is 11.6 Å². The number of rotatable bonds is 8. The number of amides is 3. The molecule has 3 atom stereocenters. The molecule has 0 aliphatic carbocycles. The summed E-state index contributed by atoms with van der Waals surface area (Å²) < 4.78 is 11.1. The van der Waals surface area contributed by atoms with Crippen LogP contribution in [0.1, 0.15) is 90.3 Å². The van der Waals surface area contributed by atoms with E-state index in [1.54, 1.807) is 16.2 Å². The van der Waals surface area contributed by atoms with Crippen LogP contribution in [0.25, 0.3) is 10.4 Å². The maximum Gasteiger partial charge on any atom is 0.410 e. The first kappa shape index (κ1) is 35.9. The predicted molar refractivity (Wildman–Crippen MR) is 184 cm³/mol. The second-order valence-corrected chi connectivity index (χ2v) is 14.5. The molecule has 2 aliphatic heterocycles. The fourth-order valence-corrected chi connectivity index (χ4v) is 6.71. The van der Waals surface area contributed by atoms with Crippen molar-refractivity contribution in [1.29, 1.82) is 0 Å². The lowest BCUT2D eigenvalue weighted by Gasteiger charge is -2.35. The number of piperazine rings is 1. The Kier molecular flexibility index (Phi) is 12.1. The summed E-state index contributed by atoms with van der Waals surface area (Å²) in [4.78, 5) is 47.0. The minimum Gasteiger partial charge on any atom is -0.444 e. The number of carbonyl (C=O) groups is 3. The van der Waals surface area contributed by atoms with Crippen LogP contribution >= 0.6 is 11.3 Å². The van der Waals surface area contributed by atoms with Crippen molar-refractivity contribution in [1.82, 2.24) is 25.3 Å². The van der Waals surface area contributed by atoms with Crippen molar-refractivity contribution in [2.24, 2.45) is 5.92 Å². The lowest BCUT2D eigenvalue weighted by Crippen LogP contribution is -2.50. The molecular formula is C35H50N6O5S. The van der Waals surface area contributed by atoms with Crippen molar-refractivity contribution in [2.75, 3.05) is 37.6 Å². The molecule has 47 heavy (non-hydrogen) atoms. The smallest absolute Gasteiger partial charge is 0.410 e. The molecular weight excluding hydrogens is 616 g/mol. The average molecular weight is 667 g/mol. The first-order chi connectivity index (χ1) is 22.3. The summed E-state index contributed by atoms with van der Waals surface area (Å²) in [5.74, 6) is 1.28. The molecule has 3 amide bonds. The molecule has 0 saturated carbocycles. The summed E-state index contributed by atoms with van der Waals surface area (Å²) in [7, 11) is 0. The molecule has 0 radical (unpaired) electrons. The van der Waals surface area contributed by atoms with E-state index in [0.29, 0.717) is 31.9 Å². The van der Waals surface area contributed by atoms with Crippen molar-refractivity contribution in [3.05, 3.63) is 52.9 Å². The van der Waals surface area contributed by atoms with Crippen LogP contribution in [0.2, 0.25) is 0 Å². The van der Waals surface area contributed by atoms with Crippen molar-refractivity contribution >= 4 is 35.6 Å². The van der Waals surface area contributed by atoms with Crippen LogP contribution in [0.5, 0.6) is 0 Å². The van der Waals surface area contributed by atoms with E-state index >= 15 is 0 Å². The number of hydrogen-bond donors (Lipinski definition) is 1. The first-order valence-electron chi connectivity index (χ1n) is 16.5. The molecule has 5 rings (SSSR count). The lowest BCUT2D eigenvalue weighted by molar-refractivity contribution is -0.134. The van der Waals surface area contributed by atoms with Gasteiger partial charge in [-0.1, -0.05) is 43.3 Å². The Morgan fingerprint density at radius 2 is 1.77 bits per heavy atom. The van der Waals surface area contributed by atoms with Crippen LogP contribution in [-0.2, 0) is 14.3 Å². The van der Waals surface area contributed by atoms with E-state index in [4.69, 9.17) is 9.26 Å². The number of likely N-dealkylation sites (tertiary alicyclic amines) is 1. The molecule has 2 aliphatic rings. The van der Waals surface area contributed by atoms with E-state index in [2.05, 4.69) is 39.4 Å². The summed E-state index contributed by atoms with van der Waals surface area (Å²) in [6.07, 6.45) is 2.56. The topological polar surface area (TPSA) is 121 Å². The van der Waals surface area contributed by atoms with E-state index < -0.39 is 5.60 Å². The SMILES string of the molecule is CC(C)C(C(=O)N1CCCC1C)c1cc(N2CCN(C(=O)OC(C)(C)C)CC2)no1.Cc1ncsc1-c1ccc(C(C)NC=O)cc1. The minimum absolute atomic E-state index is 0.0455. The second-order valence-electron chi connectivity index (χ2n) is 13.7. The fourth-order valence-electron chi connectivity index (χ4n) is 5.89. The normalized spacial score (nSPS) is 18.0. The fraction of sp³-hybridized carbons (Fsp3) is 0.571. The molecule has 3 aromatic rings. The van der Waals surface area contributed by atoms with Gasteiger partial charge in [-0.05, 0) is 71.4 Å². The van der Waals surface area contributed by atoms with Crippen LogP contribution in [0.3, 0.4) is 0 Å². The number of ether oxygens (including phenoxy) is 1. The molecule has 4 heterocycles. The van der Waals surface area contributed by atoms with Gasteiger partial charge in [-0.25, -0.2) is 9.78 Å². The summed E-state index contributed by atoms with van der Waals surface area (Å²) >= 11 is 1.64. The maximum absolute atomic E-state index is 13.2. The Labute approximate surface area is 282 Å². The third-order valence-electron chi connectivity index (χ3n) is 8.58. The summed E-state index contributed by atoms with van der Waals surface area (Å²) in [6.45, 7) is 19.0. The van der Waals surface area contributed by atoms with Gasteiger partial charge in [0.1, 0.15) is 11.5 Å². The highest BCUT2D eigenvalue weighted by molar-refractivity contribution is 7.13. The van der Waals surface area contributed by atoms with Crippen molar-refractivity contribution in [2.45, 2.75) is 91.8 Å². The number of anilines is 1. The second kappa shape index (κ2) is 15.8. The molecule has 11 nitrogen and oxygen atoms in total. The Hall–Kier alpha value is -3.93. The quantitative estimate of drug-likeness (QED) is 0.274. The van der Waals surface area contributed by atoms with Gasteiger partial charge in [-0.3, -0.25) is 9.59 Å². The number of hydrogen-bond acceptors (Lipinski definition) is 9. The minimum atomic E-state index is -0.500. The molecule has 2 aromatic heterocycles. The van der Waals surface area contributed by atoms with Crippen molar-refractivity contribution < 1.29 is 23.6 Å². The Morgan fingerprint density at radius 1 is 1.09 bits per heavy atom. The molecule has 2 saturated heterocycles. The third-order valence-corrected chi connectivity index (χ3v) is 9.56. The molecule has 1 N–H and O–H groups in total. The molecule has 0 bridgehead atoms. The van der Waals surface area contributed by atoms with Crippen LogP contribution in [0, 0.1) is 12.8 Å². The molecule has 256 valence electrons. The van der Waals surface area contributed by atoms with E-state index in [-0.39, 0.29) is 35.9 Å². The number of carbonyl (C=O) groups excluding carboxylic acids is 3. The standard InChI is InChI=1S/C22H36N4O4.C13H14N2OS/c1-15(2)19(20(27)26-9-7-8-16(26)3)17-14-18(23-30-17)24-10-12-25(13-11-24)21(28)29-22(4,5)6;1-9(14-7-16)11-3-5-12(6-4-11)13-10(2)15-8-17-13/h14-16,19H,7-13H2,1-6H3;3-9H,1-2H3,(H,14,16). The highest BCUT2D eigenvalue weighted by Gasteiger charge is 2.36. The zero-order valence-electron chi connectivity index (χ0n) is 29.0. The van der Waals surface area contributed by atoms with Crippen LogP contribution in [0.4, 0.5) is 10.6 Å². The van der Waals surface area contributed by atoms with E-state index in [9.17, 15) is 14.4 Å². The highest BCUT2D eigenvalue weighted by Crippen LogP contribution is 2.33. The number of nitrogens with zero attached hydrogens (tertiary/aromatic N) is 5. The first-order valence-corrected chi connectivity index (χ1v) is 17.4. The van der Waals surface area contributed by atoms with Crippen LogP contribution < -0.4 is 10.2 Å². The Balaban J connectivity index is 0.000000248. The number of thiazole rings is 1. The number of aryl methyl sites for hydroxylation is 1. The van der Waals surface area contributed by atoms with Gasteiger partial charge in [0.2, 0.25) is 12.3 Å². The summed E-state index contributed by atoms with van der Waals surface area (Å²) in [6, 6.07) is 10.4.